The fraction of sp³-hybridized carbons (Fsp3) is 0.667. The van der Waals surface area contributed by atoms with E-state index in [2.05, 4.69) is 5.10 Å². The van der Waals surface area contributed by atoms with Gasteiger partial charge in [0.25, 0.3) is 5.91 Å². The summed E-state index contributed by atoms with van der Waals surface area (Å²) in [5.41, 5.74) is 0.553. The van der Waals surface area contributed by atoms with Crippen LogP contribution < -0.4 is 0 Å². The number of carbonyl (C=O) groups is 1. The molecular weight excluding hydrogens is 238 g/mol. The molecular formula is C12H16ClN3O. The van der Waals surface area contributed by atoms with Crippen molar-refractivity contribution in [2.24, 2.45) is 7.05 Å². The molecule has 0 saturated carbocycles. The van der Waals surface area contributed by atoms with E-state index >= 15 is 0 Å². The molecule has 0 aromatic carbocycles. The highest BCUT2D eigenvalue weighted by Crippen LogP contribution is 2.38. The van der Waals surface area contributed by atoms with E-state index in [4.69, 9.17) is 11.6 Å². The number of hydrogen-bond acceptors (Lipinski definition) is 2. The summed E-state index contributed by atoms with van der Waals surface area (Å²) in [5, 5.41) is 4.43. The standard InChI is InChI=1S/C12H16ClN3O/c1-15-5-4-11(14-15)12(17)16-9-2-3-10(16)7-8(13)6-9/h4-5,8-10H,2-3,6-7H2,1H3. The lowest BCUT2D eigenvalue weighted by Crippen LogP contribution is -2.47. The second-order valence-electron chi connectivity index (χ2n) is 5.04. The molecule has 2 aliphatic rings. The molecule has 2 aliphatic heterocycles. The van der Waals surface area contributed by atoms with Crippen molar-refractivity contribution in [1.29, 1.82) is 0 Å². The lowest BCUT2D eigenvalue weighted by atomic mass is 10.0. The number of piperidine rings is 1. The predicted molar refractivity (Wildman–Crippen MR) is 65.1 cm³/mol. The molecule has 0 spiro atoms. The molecule has 92 valence electrons. The number of hydrogen-bond donors (Lipinski definition) is 0. The maximum absolute atomic E-state index is 12.4. The van der Waals surface area contributed by atoms with Gasteiger partial charge in [-0.15, -0.1) is 11.6 Å². The van der Waals surface area contributed by atoms with Crippen LogP contribution in [0.3, 0.4) is 0 Å². The lowest BCUT2D eigenvalue weighted by Gasteiger charge is -2.36. The van der Waals surface area contributed by atoms with Crippen molar-refractivity contribution >= 4 is 17.5 Å². The molecule has 1 aromatic rings. The topological polar surface area (TPSA) is 38.1 Å². The lowest BCUT2D eigenvalue weighted by molar-refractivity contribution is 0.0592. The van der Waals surface area contributed by atoms with E-state index in [1.807, 2.05) is 18.1 Å². The van der Waals surface area contributed by atoms with Gasteiger partial charge in [-0.1, -0.05) is 0 Å². The van der Waals surface area contributed by atoms with E-state index < -0.39 is 0 Å². The monoisotopic (exact) mass is 253 g/mol. The molecule has 17 heavy (non-hydrogen) atoms. The Hall–Kier alpha value is -1.03. The normalized spacial score (nSPS) is 31.9. The molecule has 3 heterocycles. The first-order valence-corrected chi connectivity index (χ1v) is 6.55. The largest absolute Gasteiger partial charge is 0.331 e. The molecule has 2 saturated heterocycles. The summed E-state index contributed by atoms with van der Waals surface area (Å²) in [4.78, 5) is 14.4. The number of amides is 1. The van der Waals surface area contributed by atoms with Crippen LogP contribution >= 0.6 is 11.6 Å². The maximum Gasteiger partial charge on any atom is 0.274 e. The van der Waals surface area contributed by atoms with E-state index in [0.29, 0.717) is 17.8 Å². The second-order valence-corrected chi connectivity index (χ2v) is 5.66. The number of alkyl halides is 1. The minimum atomic E-state index is 0.0710. The number of nitrogens with zero attached hydrogens (tertiary/aromatic N) is 3. The predicted octanol–water partition coefficient (Wildman–Crippen LogP) is 1.79. The van der Waals surface area contributed by atoms with Gasteiger partial charge in [0.2, 0.25) is 0 Å². The summed E-state index contributed by atoms with van der Waals surface area (Å²) in [6.45, 7) is 0. The van der Waals surface area contributed by atoms with E-state index in [1.165, 1.54) is 0 Å². The summed E-state index contributed by atoms with van der Waals surface area (Å²) in [6, 6.07) is 2.44. The number of aryl methyl sites for hydroxylation is 1. The molecule has 2 fully saturated rings. The van der Waals surface area contributed by atoms with Gasteiger partial charge in [-0.25, -0.2) is 0 Å². The van der Waals surface area contributed by atoms with Gasteiger partial charge in [0.05, 0.1) is 0 Å². The maximum atomic E-state index is 12.4. The van der Waals surface area contributed by atoms with Crippen LogP contribution in [0, 0.1) is 0 Å². The van der Waals surface area contributed by atoms with Crippen molar-refractivity contribution in [3.63, 3.8) is 0 Å². The highest BCUT2D eigenvalue weighted by molar-refractivity contribution is 6.20. The number of fused-ring (bicyclic) bond motifs is 2. The van der Waals surface area contributed by atoms with Crippen LogP contribution in [0.4, 0.5) is 0 Å². The average Bonchev–Trinajstić information content (AvgIpc) is 2.81. The van der Waals surface area contributed by atoms with Gasteiger partial charge in [0.15, 0.2) is 0 Å². The SMILES string of the molecule is Cn1ccc(C(=O)N2C3CCC2CC(Cl)C3)n1. The summed E-state index contributed by atoms with van der Waals surface area (Å²) in [6.07, 6.45) is 5.84. The van der Waals surface area contributed by atoms with Crippen molar-refractivity contribution in [3.8, 4) is 0 Å². The van der Waals surface area contributed by atoms with E-state index in [1.54, 1.807) is 10.7 Å². The van der Waals surface area contributed by atoms with Gasteiger partial charge in [-0.2, -0.15) is 5.10 Å². The smallest absolute Gasteiger partial charge is 0.274 e. The third kappa shape index (κ3) is 1.84. The number of aromatic nitrogens is 2. The van der Waals surface area contributed by atoms with Crippen LogP contribution in [0.2, 0.25) is 0 Å². The first-order chi connectivity index (χ1) is 8.15. The van der Waals surface area contributed by atoms with Crippen molar-refractivity contribution < 1.29 is 4.79 Å². The molecule has 2 atom stereocenters. The van der Waals surface area contributed by atoms with Gasteiger partial charge in [0.1, 0.15) is 5.69 Å². The molecule has 5 heteroatoms. The Morgan fingerprint density at radius 2 is 2.06 bits per heavy atom. The second kappa shape index (κ2) is 4.02. The van der Waals surface area contributed by atoms with Crippen LogP contribution in [-0.2, 0) is 7.05 Å². The zero-order valence-corrected chi connectivity index (χ0v) is 10.6. The third-order valence-electron chi connectivity index (χ3n) is 3.84. The Balaban J connectivity index is 1.83. The summed E-state index contributed by atoms with van der Waals surface area (Å²) in [7, 11) is 1.83. The first-order valence-electron chi connectivity index (χ1n) is 6.11. The minimum absolute atomic E-state index is 0.0710. The molecule has 1 amide bonds. The molecule has 3 rings (SSSR count). The minimum Gasteiger partial charge on any atom is -0.331 e. The Bertz CT molecular complexity index is 431. The molecule has 1 aromatic heterocycles. The van der Waals surface area contributed by atoms with Crippen molar-refractivity contribution in [1.82, 2.24) is 14.7 Å². The van der Waals surface area contributed by atoms with Gasteiger partial charge >= 0.3 is 0 Å². The Morgan fingerprint density at radius 3 is 2.59 bits per heavy atom. The van der Waals surface area contributed by atoms with Crippen LogP contribution in [-0.4, -0.2) is 38.0 Å². The zero-order chi connectivity index (χ0) is 12.0. The molecule has 4 nitrogen and oxygen atoms in total. The summed E-state index contributed by atoms with van der Waals surface area (Å²) >= 11 is 6.21. The zero-order valence-electron chi connectivity index (χ0n) is 9.84. The summed E-state index contributed by atoms with van der Waals surface area (Å²) < 4.78 is 1.67. The molecule has 2 unspecified atom stereocenters. The van der Waals surface area contributed by atoms with Gasteiger partial charge in [-0.3, -0.25) is 9.48 Å². The van der Waals surface area contributed by atoms with Crippen LogP contribution in [0.15, 0.2) is 12.3 Å². The molecule has 0 N–H and O–H groups in total. The highest BCUT2D eigenvalue weighted by atomic mass is 35.5. The Morgan fingerprint density at radius 1 is 1.41 bits per heavy atom. The number of halogens is 1. The third-order valence-corrected chi connectivity index (χ3v) is 4.20. The highest BCUT2D eigenvalue weighted by Gasteiger charge is 2.43. The van der Waals surface area contributed by atoms with Gasteiger partial charge in [0, 0.05) is 30.7 Å². The van der Waals surface area contributed by atoms with E-state index in [-0.39, 0.29) is 11.3 Å². The molecule has 2 bridgehead atoms. The molecule has 0 radical (unpaired) electrons. The number of rotatable bonds is 1. The molecule has 0 aliphatic carbocycles. The van der Waals surface area contributed by atoms with Crippen molar-refractivity contribution in [2.45, 2.75) is 43.1 Å². The quantitative estimate of drug-likeness (QED) is 0.716. The summed E-state index contributed by atoms with van der Waals surface area (Å²) in [5.74, 6) is 0.0710. The Labute approximate surface area is 106 Å². The van der Waals surface area contributed by atoms with Crippen LogP contribution in [0.1, 0.15) is 36.2 Å². The van der Waals surface area contributed by atoms with Crippen molar-refractivity contribution in [2.75, 3.05) is 0 Å². The number of carbonyl (C=O) groups excluding carboxylic acids is 1. The van der Waals surface area contributed by atoms with Crippen LogP contribution in [0.25, 0.3) is 0 Å². The fourth-order valence-corrected chi connectivity index (χ4v) is 3.51. The average molecular weight is 254 g/mol. The van der Waals surface area contributed by atoms with Gasteiger partial charge in [-0.05, 0) is 31.7 Å². The van der Waals surface area contributed by atoms with Gasteiger partial charge < -0.3 is 4.90 Å². The fourth-order valence-electron chi connectivity index (χ4n) is 3.10. The Kier molecular flexibility index (Phi) is 2.62. The van der Waals surface area contributed by atoms with E-state index in [9.17, 15) is 4.79 Å². The first kappa shape index (κ1) is 11.1. The van der Waals surface area contributed by atoms with E-state index in [0.717, 1.165) is 25.7 Å². The van der Waals surface area contributed by atoms with Crippen LogP contribution in [0.5, 0.6) is 0 Å². The van der Waals surface area contributed by atoms with Crippen molar-refractivity contribution in [3.05, 3.63) is 18.0 Å².